The van der Waals surface area contributed by atoms with E-state index in [0.29, 0.717) is 13.0 Å². The molecule has 38 heavy (non-hydrogen) atoms. The van der Waals surface area contributed by atoms with Gasteiger partial charge in [0.15, 0.2) is 0 Å². The second-order valence-electron chi connectivity index (χ2n) is 8.13. The number of amides is 1. The van der Waals surface area contributed by atoms with E-state index in [9.17, 15) is 31.5 Å². The van der Waals surface area contributed by atoms with Gasteiger partial charge in [-0.1, -0.05) is 6.07 Å². The van der Waals surface area contributed by atoms with Crippen LogP contribution in [0.3, 0.4) is 0 Å². The van der Waals surface area contributed by atoms with E-state index in [1.807, 2.05) is 24.3 Å². The number of fused-ring (bicyclic) bond motifs is 1. The van der Waals surface area contributed by atoms with Crippen molar-refractivity contribution in [3.05, 3.63) is 69.2 Å². The molecular weight excluding hydrogens is 537 g/mol. The van der Waals surface area contributed by atoms with Crippen LogP contribution >= 0.6 is 11.3 Å². The summed E-state index contributed by atoms with van der Waals surface area (Å²) in [6.45, 7) is -0.363. The van der Waals surface area contributed by atoms with Crippen molar-refractivity contribution in [2.45, 2.75) is 32.1 Å². The number of aromatic nitrogens is 3. The normalized spacial score (nSPS) is 13.0. The number of carbonyl (C=O) groups is 2. The van der Waals surface area contributed by atoms with Crippen LogP contribution < -0.4 is 16.3 Å². The second-order valence-corrected chi connectivity index (χ2v) is 9.30. The Bertz CT molecular complexity index is 1420. The first-order valence-electron chi connectivity index (χ1n) is 11.0. The molecule has 1 aromatic carbocycles. The van der Waals surface area contributed by atoms with Gasteiger partial charge in [0.05, 0.1) is 13.1 Å². The molecule has 3 heterocycles. The summed E-state index contributed by atoms with van der Waals surface area (Å²) >= 11 is 1.55. The Kier molecular flexibility index (Phi) is 8.83. The SMILES string of the molecule is CN1C(=O)CCc2cc(-c3ccc(Cn4cnn(CC(CN)=C(F)F)c4=O)s3)ccc21.O=C(O)C(F)(F)F. The highest BCUT2D eigenvalue weighted by Gasteiger charge is 2.38. The van der Waals surface area contributed by atoms with Crippen LogP contribution in [0.5, 0.6) is 0 Å². The third-order valence-corrected chi connectivity index (χ3v) is 6.71. The number of hydrogen-bond acceptors (Lipinski definition) is 6. The van der Waals surface area contributed by atoms with E-state index in [1.165, 1.54) is 10.9 Å². The summed E-state index contributed by atoms with van der Waals surface area (Å²) in [5, 5.41) is 11.0. The van der Waals surface area contributed by atoms with Crippen LogP contribution in [0.2, 0.25) is 0 Å². The molecule has 3 N–H and O–H groups in total. The Labute approximate surface area is 216 Å². The maximum Gasteiger partial charge on any atom is 0.490 e. The highest BCUT2D eigenvalue weighted by molar-refractivity contribution is 7.15. The minimum atomic E-state index is -5.08. The molecule has 0 aliphatic carbocycles. The van der Waals surface area contributed by atoms with Gasteiger partial charge in [0.25, 0.3) is 6.08 Å². The van der Waals surface area contributed by atoms with Gasteiger partial charge in [0.2, 0.25) is 5.91 Å². The lowest BCUT2D eigenvalue weighted by molar-refractivity contribution is -0.192. The number of benzene rings is 1. The molecule has 0 radical (unpaired) electrons. The summed E-state index contributed by atoms with van der Waals surface area (Å²) in [5.74, 6) is -2.64. The number of halogens is 5. The molecular formula is C23H22F5N5O4S. The number of carboxylic acids is 1. The van der Waals surface area contributed by atoms with Crippen molar-refractivity contribution < 1.29 is 36.6 Å². The van der Waals surface area contributed by atoms with Gasteiger partial charge in [-0.2, -0.15) is 27.1 Å². The third-order valence-electron chi connectivity index (χ3n) is 5.59. The van der Waals surface area contributed by atoms with Crippen molar-refractivity contribution in [3.8, 4) is 10.4 Å². The fourth-order valence-electron chi connectivity index (χ4n) is 3.57. The lowest BCUT2D eigenvalue weighted by Gasteiger charge is -2.26. The largest absolute Gasteiger partial charge is 0.490 e. The lowest BCUT2D eigenvalue weighted by Crippen LogP contribution is -2.30. The molecule has 3 aromatic rings. The summed E-state index contributed by atoms with van der Waals surface area (Å²) in [7, 11) is 1.79. The van der Waals surface area contributed by atoms with Gasteiger partial charge in [-0.3, -0.25) is 9.36 Å². The standard InChI is InChI=1S/C21H21F2N5O2S.C2HF3O2/c1-26-17-5-2-14(8-13(17)3-7-19(26)29)18-6-4-16(31-18)11-27-12-25-28(21(27)30)10-15(9-24)20(22)23;3-2(4,5)1(6)7/h2,4-6,8,12H,3,7,9-11,24H2,1H3;(H,6,7). The van der Waals surface area contributed by atoms with Crippen LogP contribution in [0, 0.1) is 0 Å². The van der Waals surface area contributed by atoms with E-state index in [2.05, 4.69) is 11.2 Å². The molecule has 0 unspecified atom stereocenters. The monoisotopic (exact) mass is 559 g/mol. The Morgan fingerprint density at radius 1 is 1.16 bits per heavy atom. The number of carboxylic acid groups (broad SMARTS) is 1. The Morgan fingerprint density at radius 3 is 2.45 bits per heavy atom. The molecule has 0 atom stereocenters. The molecule has 0 saturated heterocycles. The fourth-order valence-corrected chi connectivity index (χ4v) is 4.57. The van der Waals surface area contributed by atoms with E-state index in [-0.39, 0.29) is 24.6 Å². The molecule has 204 valence electrons. The van der Waals surface area contributed by atoms with Gasteiger partial charge in [0, 0.05) is 41.0 Å². The highest BCUT2D eigenvalue weighted by Crippen LogP contribution is 2.34. The van der Waals surface area contributed by atoms with Crippen molar-refractivity contribution in [2.75, 3.05) is 18.5 Å². The van der Waals surface area contributed by atoms with E-state index < -0.39 is 23.9 Å². The Balaban J connectivity index is 0.000000505. The van der Waals surface area contributed by atoms with Gasteiger partial charge >= 0.3 is 17.8 Å². The molecule has 0 bridgehead atoms. The Hall–Kier alpha value is -3.85. The molecule has 0 fully saturated rings. The highest BCUT2D eigenvalue weighted by atomic mass is 32.1. The average molecular weight is 560 g/mol. The van der Waals surface area contributed by atoms with Gasteiger partial charge < -0.3 is 15.7 Å². The van der Waals surface area contributed by atoms with Crippen molar-refractivity contribution in [1.82, 2.24) is 14.3 Å². The maximum atomic E-state index is 12.8. The van der Waals surface area contributed by atoms with Crippen LogP contribution in [0.4, 0.5) is 27.6 Å². The Morgan fingerprint density at radius 2 is 1.84 bits per heavy atom. The fraction of sp³-hybridized carbons (Fsp3) is 0.304. The van der Waals surface area contributed by atoms with Crippen molar-refractivity contribution in [1.29, 1.82) is 0 Å². The summed E-state index contributed by atoms with van der Waals surface area (Å²) in [6.07, 6.45) is -4.40. The van der Waals surface area contributed by atoms with Crippen molar-refractivity contribution >= 4 is 28.9 Å². The van der Waals surface area contributed by atoms with E-state index >= 15 is 0 Å². The number of carbonyl (C=O) groups excluding carboxylic acids is 1. The zero-order chi connectivity index (χ0) is 28.2. The number of aryl methyl sites for hydroxylation is 1. The third kappa shape index (κ3) is 6.72. The molecule has 15 heteroatoms. The summed E-state index contributed by atoms with van der Waals surface area (Å²) < 4.78 is 59.7. The molecule has 1 amide bonds. The average Bonchev–Trinajstić information content (AvgIpc) is 3.46. The molecule has 0 spiro atoms. The summed E-state index contributed by atoms with van der Waals surface area (Å²) in [4.78, 5) is 36.9. The summed E-state index contributed by atoms with van der Waals surface area (Å²) in [6, 6.07) is 9.97. The van der Waals surface area contributed by atoms with Gasteiger partial charge in [-0.25, -0.2) is 14.3 Å². The smallest absolute Gasteiger partial charge is 0.475 e. The first-order valence-corrected chi connectivity index (χ1v) is 11.8. The van der Waals surface area contributed by atoms with E-state index in [4.69, 9.17) is 15.6 Å². The van der Waals surface area contributed by atoms with Crippen LogP contribution in [0.25, 0.3) is 10.4 Å². The molecule has 9 nitrogen and oxygen atoms in total. The minimum absolute atomic E-state index is 0.118. The zero-order valence-corrected chi connectivity index (χ0v) is 20.7. The first-order chi connectivity index (χ1) is 17.8. The second kappa shape index (κ2) is 11.7. The predicted molar refractivity (Wildman–Crippen MR) is 129 cm³/mol. The predicted octanol–water partition coefficient (Wildman–Crippen LogP) is 3.47. The van der Waals surface area contributed by atoms with Crippen molar-refractivity contribution in [3.63, 3.8) is 0 Å². The van der Waals surface area contributed by atoms with Crippen molar-refractivity contribution in [2.24, 2.45) is 5.73 Å². The van der Waals surface area contributed by atoms with Gasteiger partial charge in [-0.05, 0) is 41.8 Å². The molecule has 1 aliphatic rings. The minimum Gasteiger partial charge on any atom is -0.475 e. The van der Waals surface area contributed by atoms with Crippen LogP contribution in [-0.2, 0) is 29.1 Å². The zero-order valence-electron chi connectivity index (χ0n) is 19.8. The molecule has 4 rings (SSSR count). The van der Waals surface area contributed by atoms with E-state index in [1.54, 1.807) is 23.3 Å². The van der Waals surface area contributed by atoms with Gasteiger partial charge in [-0.15, -0.1) is 11.3 Å². The van der Waals surface area contributed by atoms with Crippen LogP contribution in [0.15, 0.2) is 53.1 Å². The lowest BCUT2D eigenvalue weighted by atomic mass is 9.99. The molecule has 2 aromatic heterocycles. The topological polar surface area (TPSA) is 123 Å². The number of thiophene rings is 1. The quantitative estimate of drug-likeness (QED) is 0.446. The van der Waals surface area contributed by atoms with Crippen LogP contribution in [-0.4, -0.2) is 51.1 Å². The number of nitrogens with two attached hydrogens (primary N) is 1. The van der Waals surface area contributed by atoms with E-state index in [0.717, 1.165) is 37.7 Å². The number of alkyl halides is 3. The number of aliphatic carboxylic acids is 1. The maximum absolute atomic E-state index is 12.8. The number of rotatable bonds is 6. The summed E-state index contributed by atoms with van der Waals surface area (Å²) in [5.41, 5.74) is 7.65. The van der Waals surface area contributed by atoms with Crippen LogP contribution in [0.1, 0.15) is 16.9 Å². The molecule has 1 aliphatic heterocycles. The molecule has 0 saturated carbocycles. The van der Waals surface area contributed by atoms with Gasteiger partial charge in [0.1, 0.15) is 6.33 Å². The number of hydrogen-bond donors (Lipinski definition) is 2. The number of anilines is 1. The first kappa shape index (κ1) is 28.7. The number of nitrogens with zero attached hydrogens (tertiary/aromatic N) is 4.